The van der Waals surface area contributed by atoms with Crippen molar-refractivity contribution in [3.8, 4) is 0 Å². The van der Waals surface area contributed by atoms with E-state index >= 15 is 0 Å². The number of ether oxygens (including phenoxy) is 1. The van der Waals surface area contributed by atoms with Gasteiger partial charge in [-0.25, -0.2) is 0 Å². The number of hydrogen-bond donors (Lipinski definition) is 2. The second-order valence-corrected chi connectivity index (χ2v) is 7.09. The van der Waals surface area contributed by atoms with Crippen molar-refractivity contribution < 1.29 is 24.0 Å². The van der Waals surface area contributed by atoms with Gasteiger partial charge in [0.25, 0.3) is 17.5 Å². The number of rotatable bonds is 7. The Labute approximate surface area is 163 Å². The average Bonchev–Trinajstić information content (AvgIpc) is 2.68. The molecule has 1 aromatic rings. The van der Waals surface area contributed by atoms with Gasteiger partial charge < -0.3 is 15.4 Å². The standard InChI is InChI=1S/C19H25N3O6/c1-12-5-3-8-16(13(12)2)21-17(23)11-28-18(24)10-20-19(25)14-6-4-7-15(9-14)22(26)27/h4,6-7,9,12-13,16H,3,5,8,10-11H2,1-2H3,(H,20,25)(H,21,23)/t12-,13+,16+/m0/s1. The Morgan fingerprint density at radius 1 is 1.25 bits per heavy atom. The normalized spacial score (nSPS) is 21.4. The summed E-state index contributed by atoms with van der Waals surface area (Å²) >= 11 is 0. The first kappa shape index (κ1) is 21.3. The smallest absolute Gasteiger partial charge is 0.325 e. The van der Waals surface area contributed by atoms with Gasteiger partial charge in [0.2, 0.25) is 0 Å². The lowest BCUT2D eigenvalue weighted by molar-refractivity contribution is -0.384. The van der Waals surface area contributed by atoms with E-state index in [2.05, 4.69) is 24.5 Å². The first-order valence-corrected chi connectivity index (χ1v) is 9.25. The van der Waals surface area contributed by atoms with Crippen LogP contribution in [0.25, 0.3) is 0 Å². The minimum absolute atomic E-state index is 0.0557. The summed E-state index contributed by atoms with van der Waals surface area (Å²) < 4.78 is 4.88. The molecule has 1 aliphatic rings. The minimum atomic E-state index is -0.765. The fourth-order valence-electron chi connectivity index (χ4n) is 3.25. The molecule has 2 N–H and O–H groups in total. The van der Waals surface area contributed by atoms with Crippen molar-refractivity contribution in [3.63, 3.8) is 0 Å². The lowest BCUT2D eigenvalue weighted by Gasteiger charge is -2.34. The van der Waals surface area contributed by atoms with Crippen molar-refractivity contribution in [3.05, 3.63) is 39.9 Å². The average molecular weight is 391 g/mol. The third-order valence-electron chi connectivity index (χ3n) is 5.13. The van der Waals surface area contributed by atoms with Crippen LogP contribution in [0.3, 0.4) is 0 Å². The first-order valence-electron chi connectivity index (χ1n) is 9.25. The highest BCUT2D eigenvalue weighted by atomic mass is 16.6. The molecule has 9 nitrogen and oxygen atoms in total. The molecule has 152 valence electrons. The number of carbonyl (C=O) groups is 3. The summed E-state index contributed by atoms with van der Waals surface area (Å²) in [4.78, 5) is 45.8. The van der Waals surface area contributed by atoms with Gasteiger partial charge in [0.05, 0.1) is 4.92 Å². The topological polar surface area (TPSA) is 128 Å². The highest BCUT2D eigenvalue weighted by molar-refractivity contribution is 5.96. The van der Waals surface area contributed by atoms with E-state index in [9.17, 15) is 24.5 Å². The zero-order valence-electron chi connectivity index (χ0n) is 16.0. The summed E-state index contributed by atoms with van der Waals surface area (Å²) in [7, 11) is 0. The maximum absolute atomic E-state index is 12.0. The van der Waals surface area contributed by atoms with E-state index in [1.165, 1.54) is 18.2 Å². The molecule has 0 saturated heterocycles. The highest BCUT2D eigenvalue weighted by Gasteiger charge is 2.28. The summed E-state index contributed by atoms with van der Waals surface area (Å²) in [5, 5.41) is 15.9. The van der Waals surface area contributed by atoms with Crippen molar-refractivity contribution in [1.29, 1.82) is 0 Å². The van der Waals surface area contributed by atoms with Crippen LogP contribution in [0.4, 0.5) is 5.69 Å². The number of nitrogens with one attached hydrogen (secondary N) is 2. The van der Waals surface area contributed by atoms with Gasteiger partial charge in [0.1, 0.15) is 6.54 Å². The Morgan fingerprint density at radius 3 is 2.71 bits per heavy atom. The number of nitro groups is 1. The molecule has 0 heterocycles. The van der Waals surface area contributed by atoms with Crippen LogP contribution in [0.5, 0.6) is 0 Å². The molecule has 0 aliphatic heterocycles. The Balaban J connectivity index is 1.73. The van der Waals surface area contributed by atoms with Gasteiger partial charge in [-0.1, -0.05) is 32.8 Å². The van der Waals surface area contributed by atoms with E-state index in [4.69, 9.17) is 4.74 Å². The monoisotopic (exact) mass is 391 g/mol. The van der Waals surface area contributed by atoms with Gasteiger partial charge in [-0.2, -0.15) is 0 Å². The summed E-state index contributed by atoms with van der Waals surface area (Å²) in [6.45, 7) is 3.41. The van der Waals surface area contributed by atoms with E-state index in [0.717, 1.165) is 25.3 Å². The van der Waals surface area contributed by atoms with Crippen molar-refractivity contribution in [2.24, 2.45) is 11.8 Å². The number of esters is 1. The van der Waals surface area contributed by atoms with Gasteiger partial charge in [-0.3, -0.25) is 24.5 Å². The Kier molecular flexibility index (Phi) is 7.48. The molecule has 28 heavy (non-hydrogen) atoms. The van der Waals surface area contributed by atoms with Crippen LogP contribution in [-0.4, -0.2) is 41.9 Å². The molecule has 0 bridgehead atoms. The zero-order valence-corrected chi connectivity index (χ0v) is 16.0. The number of benzene rings is 1. The number of nitro benzene ring substituents is 1. The van der Waals surface area contributed by atoms with Crippen LogP contribution in [0.1, 0.15) is 43.5 Å². The Bertz CT molecular complexity index is 751. The second-order valence-electron chi connectivity index (χ2n) is 7.09. The number of amides is 2. The number of non-ortho nitro benzene ring substituents is 1. The molecule has 9 heteroatoms. The molecule has 0 unspecified atom stereocenters. The van der Waals surface area contributed by atoms with Crippen molar-refractivity contribution >= 4 is 23.5 Å². The van der Waals surface area contributed by atoms with E-state index < -0.39 is 30.0 Å². The number of hydrogen-bond acceptors (Lipinski definition) is 6. The minimum Gasteiger partial charge on any atom is -0.454 e. The highest BCUT2D eigenvalue weighted by Crippen LogP contribution is 2.29. The molecule has 1 aliphatic carbocycles. The van der Waals surface area contributed by atoms with Crippen LogP contribution in [-0.2, 0) is 14.3 Å². The fraction of sp³-hybridized carbons (Fsp3) is 0.526. The van der Waals surface area contributed by atoms with Gasteiger partial charge in [0, 0.05) is 23.7 Å². The van der Waals surface area contributed by atoms with Gasteiger partial charge in [-0.15, -0.1) is 0 Å². The lowest BCUT2D eigenvalue weighted by Crippen LogP contribution is -2.45. The Morgan fingerprint density at radius 2 is 2.00 bits per heavy atom. The van der Waals surface area contributed by atoms with Crippen molar-refractivity contribution in [2.45, 2.75) is 39.2 Å². The summed E-state index contributed by atoms with van der Waals surface area (Å²) in [5.41, 5.74) is -0.168. The summed E-state index contributed by atoms with van der Waals surface area (Å²) in [6, 6.07) is 5.22. The van der Waals surface area contributed by atoms with E-state index in [0.29, 0.717) is 11.8 Å². The van der Waals surface area contributed by atoms with Crippen molar-refractivity contribution in [2.75, 3.05) is 13.2 Å². The summed E-state index contributed by atoms with van der Waals surface area (Å²) in [5.74, 6) is -0.883. The maximum atomic E-state index is 12.0. The van der Waals surface area contributed by atoms with E-state index in [1.807, 2.05) is 0 Å². The van der Waals surface area contributed by atoms with Gasteiger partial charge >= 0.3 is 5.97 Å². The summed E-state index contributed by atoms with van der Waals surface area (Å²) in [6.07, 6.45) is 3.11. The van der Waals surface area contributed by atoms with Crippen molar-refractivity contribution in [1.82, 2.24) is 10.6 Å². The molecule has 3 atom stereocenters. The van der Waals surface area contributed by atoms with Gasteiger partial charge in [0.15, 0.2) is 6.61 Å². The molecule has 1 fully saturated rings. The second kappa shape index (κ2) is 9.82. The molecular weight excluding hydrogens is 366 g/mol. The quantitative estimate of drug-likeness (QED) is 0.414. The lowest BCUT2D eigenvalue weighted by atomic mass is 9.78. The van der Waals surface area contributed by atoms with Crippen LogP contribution in [0.2, 0.25) is 0 Å². The predicted octanol–water partition coefficient (Wildman–Crippen LogP) is 1.81. The molecule has 1 aromatic carbocycles. The number of carbonyl (C=O) groups excluding carboxylic acids is 3. The van der Waals surface area contributed by atoms with E-state index in [-0.39, 0.29) is 23.2 Å². The first-order chi connectivity index (χ1) is 13.3. The Hall–Kier alpha value is -2.97. The number of nitrogens with zero attached hydrogens (tertiary/aromatic N) is 1. The maximum Gasteiger partial charge on any atom is 0.325 e. The molecule has 1 saturated carbocycles. The molecule has 0 aromatic heterocycles. The van der Waals surface area contributed by atoms with E-state index in [1.54, 1.807) is 0 Å². The fourth-order valence-corrected chi connectivity index (χ4v) is 3.25. The third-order valence-corrected chi connectivity index (χ3v) is 5.13. The van der Waals surface area contributed by atoms with Gasteiger partial charge in [-0.05, 0) is 24.3 Å². The molecule has 2 amide bonds. The SMILES string of the molecule is C[C@@H]1[C@@H](C)CCC[C@H]1NC(=O)COC(=O)CNC(=O)c1cccc([N+](=O)[O-])c1. The molecular formula is C19H25N3O6. The zero-order chi connectivity index (χ0) is 20.7. The molecule has 0 radical (unpaired) electrons. The van der Waals surface area contributed by atoms with Crippen LogP contribution >= 0.6 is 0 Å². The molecule has 0 spiro atoms. The third kappa shape index (κ3) is 6.04. The van der Waals surface area contributed by atoms with Crippen LogP contribution in [0.15, 0.2) is 24.3 Å². The largest absolute Gasteiger partial charge is 0.454 e. The predicted molar refractivity (Wildman–Crippen MR) is 100 cm³/mol. The molecule has 2 rings (SSSR count). The van der Waals surface area contributed by atoms with Crippen LogP contribution in [0, 0.1) is 22.0 Å². The van der Waals surface area contributed by atoms with Crippen LogP contribution < -0.4 is 10.6 Å².